The van der Waals surface area contributed by atoms with Crippen LogP contribution in [0.15, 0.2) is 6.08 Å². The number of rotatable bonds is 3. The average molecular weight is 219 g/mol. The molecule has 0 aliphatic heterocycles. The monoisotopic (exact) mass is 219 g/mol. The highest BCUT2D eigenvalue weighted by Gasteiger charge is 2.22. The van der Waals surface area contributed by atoms with Crippen molar-refractivity contribution in [2.45, 2.75) is 32.7 Å². The summed E-state index contributed by atoms with van der Waals surface area (Å²) in [4.78, 5) is 11.5. The first-order valence-electron chi connectivity index (χ1n) is 5.56. The van der Waals surface area contributed by atoms with Gasteiger partial charge >= 0.3 is 0 Å². The van der Waals surface area contributed by atoms with E-state index in [1.165, 1.54) is 0 Å². The molecule has 4 heteroatoms. The van der Waals surface area contributed by atoms with Crippen molar-refractivity contribution in [2.24, 2.45) is 7.05 Å². The lowest BCUT2D eigenvalue weighted by molar-refractivity contribution is -0.116. The number of nitrogens with one attached hydrogen (secondary N) is 1. The van der Waals surface area contributed by atoms with E-state index >= 15 is 0 Å². The van der Waals surface area contributed by atoms with Gasteiger partial charge in [-0.2, -0.15) is 5.10 Å². The van der Waals surface area contributed by atoms with Crippen molar-refractivity contribution < 1.29 is 4.79 Å². The van der Waals surface area contributed by atoms with E-state index < -0.39 is 0 Å². The first-order valence-corrected chi connectivity index (χ1v) is 5.56. The Morgan fingerprint density at radius 2 is 2.19 bits per heavy atom. The van der Waals surface area contributed by atoms with Crippen molar-refractivity contribution >= 4 is 12.0 Å². The Hall–Kier alpha value is -1.58. The van der Waals surface area contributed by atoms with Crippen LogP contribution in [0.2, 0.25) is 0 Å². The Kier molecular flexibility index (Phi) is 2.81. The fourth-order valence-electron chi connectivity index (χ4n) is 1.67. The smallest absolute Gasteiger partial charge is 0.244 e. The van der Waals surface area contributed by atoms with Crippen LogP contribution in [0, 0.1) is 13.8 Å². The third-order valence-electron chi connectivity index (χ3n) is 2.89. The molecule has 1 fully saturated rings. The molecule has 0 unspecified atom stereocenters. The van der Waals surface area contributed by atoms with Crippen LogP contribution in [0.4, 0.5) is 0 Å². The molecule has 0 spiro atoms. The van der Waals surface area contributed by atoms with Crippen LogP contribution in [-0.4, -0.2) is 21.7 Å². The van der Waals surface area contributed by atoms with E-state index in [4.69, 9.17) is 0 Å². The molecule has 1 saturated carbocycles. The van der Waals surface area contributed by atoms with Crippen LogP contribution in [0.5, 0.6) is 0 Å². The van der Waals surface area contributed by atoms with E-state index in [2.05, 4.69) is 10.4 Å². The van der Waals surface area contributed by atoms with Gasteiger partial charge in [0.05, 0.1) is 5.69 Å². The van der Waals surface area contributed by atoms with Gasteiger partial charge in [-0.3, -0.25) is 9.48 Å². The van der Waals surface area contributed by atoms with Crippen molar-refractivity contribution in [1.82, 2.24) is 15.1 Å². The number of hydrogen-bond donors (Lipinski definition) is 1. The zero-order valence-electron chi connectivity index (χ0n) is 9.95. The van der Waals surface area contributed by atoms with Gasteiger partial charge in [-0.15, -0.1) is 0 Å². The van der Waals surface area contributed by atoms with Gasteiger partial charge in [0.25, 0.3) is 0 Å². The predicted molar refractivity (Wildman–Crippen MR) is 62.9 cm³/mol. The lowest BCUT2D eigenvalue weighted by Crippen LogP contribution is -2.22. The van der Waals surface area contributed by atoms with Gasteiger partial charge in [0.2, 0.25) is 5.91 Å². The quantitative estimate of drug-likeness (QED) is 0.780. The summed E-state index contributed by atoms with van der Waals surface area (Å²) < 4.78 is 1.83. The summed E-state index contributed by atoms with van der Waals surface area (Å²) in [6.45, 7) is 3.95. The fraction of sp³-hybridized carbons (Fsp3) is 0.500. The second-order valence-electron chi connectivity index (χ2n) is 4.32. The number of carbonyl (C=O) groups is 1. The van der Waals surface area contributed by atoms with Crippen molar-refractivity contribution in [3.63, 3.8) is 0 Å². The maximum atomic E-state index is 11.5. The molecule has 2 rings (SSSR count). The first-order chi connectivity index (χ1) is 7.58. The Bertz CT molecular complexity index is 441. The molecule has 0 saturated heterocycles. The van der Waals surface area contributed by atoms with Gasteiger partial charge in [-0.05, 0) is 32.8 Å². The van der Waals surface area contributed by atoms with Crippen molar-refractivity contribution in [3.05, 3.63) is 23.0 Å². The predicted octanol–water partition coefficient (Wildman–Crippen LogP) is 1.33. The highest BCUT2D eigenvalue weighted by atomic mass is 16.1. The third-order valence-corrected chi connectivity index (χ3v) is 2.89. The van der Waals surface area contributed by atoms with Crippen molar-refractivity contribution in [1.29, 1.82) is 0 Å². The Labute approximate surface area is 95.3 Å². The number of nitrogens with zero attached hydrogens (tertiary/aromatic N) is 2. The summed E-state index contributed by atoms with van der Waals surface area (Å²) >= 11 is 0. The van der Waals surface area contributed by atoms with Crippen LogP contribution >= 0.6 is 0 Å². The molecule has 4 nitrogen and oxygen atoms in total. The normalized spacial score (nSPS) is 15.7. The minimum Gasteiger partial charge on any atom is -0.350 e. The molecule has 1 amide bonds. The van der Waals surface area contributed by atoms with Crippen LogP contribution in [0.25, 0.3) is 6.08 Å². The fourth-order valence-corrected chi connectivity index (χ4v) is 1.67. The Morgan fingerprint density at radius 3 is 2.69 bits per heavy atom. The lowest BCUT2D eigenvalue weighted by atomic mass is 10.2. The molecule has 1 aliphatic carbocycles. The summed E-state index contributed by atoms with van der Waals surface area (Å²) in [7, 11) is 1.91. The maximum Gasteiger partial charge on any atom is 0.244 e. The number of amides is 1. The molecular weight excluding hydrogens is 202 g/mol. The summed E-state index contributed by atoms with van der Waals surface area (Å²) in [5.74, 6) is -0.00912. The minimum atomic E-state index is -0.00912. The van der Waals surface area contributed by atoms with Gasteiger partial charge in [0, 0.05) is 30.4 Å². The molecule has 1 aliphatic rings. The standard InChI is InChI=1S/C12H17N3O/c1-8-11(9(2)15(3)14-8)6-7-12(16)13-10-4-5-10/h6-7,10H,4-5H2,1-3H3,(H,13,16). The first kappa shape index (κ1) is 10.9. The van der Waals surface area contributed by atoms with E-state index in [0.29, 0.717) is 6.04 Å². The summed E-state index contributed by atoms with van der Waals surface area (Å²) in [6.07, 6.45) is 5.67. The highest BCUT2D eigenvalue weighted by molar-refractivity contribution is 5.92. The highest BCUT2D eigenvalue weighted by Crippen LogP contribution is 2.18. The van der Waals surface area contributed by atoms with Gasteiger partial charge in [-0.1, -0.05) is 0 Å². The Morgan fingerprint density at radius 1 is 1.50 bits per heavy atom. The molecule has 1 aromatic heterocycles. The van der Waals surface area contributed by atoms with Gasteiger partial charge in [-0.25, -0.2) is 0 Å². The average Bonchev–Trinajstić information content (AvgIpc) is 2.97. The summed E-state index contributed by atoms with van der Waals surface area (Å²) in [6, 6.07) is 0.410. The molecule has 86 valence electrons. The van der Waals surface area contributed by atoms with Crippen LogP contribution in [-0.2, 0) is 11.8 Å². The largest absolute Gasteiger partial charge is 0.350 e. The van der Waals surface area contributed by atoms with E-state index in [9.17, 15) is 4.79 Å². The number of carbonyl (C=O) groups excluding carboxylic acids is 1. The van der Waals surface area contributed by atoms with Gasteiger partial charge in [0.15, 0.2) is 0 Å². The topological polar surface area (TPSA) is 46.9 Å². The number of hydrogen-bond acceptors (Lipinski definition) is 2. The van der Waals surface area contributed by atoms with Crippen LogP contribution in [0.1, 0.15) is 29.8 Å². The second-order valence-corrected chi connectivity index (χ2v) is 4.32. The van der Waals surface area contributed by atoms with Crippen molar-refractivity contribution in [2.75, 3.05) is 0 Å². The summed E-state index contributed by atoms with van der Waals surface area (Å²) in [5.41, 5.74) is 3.07. The molecule has 0 radical (unpaired) electrons. The Balaban J connectivity index is 2.06. The second kappa shape index (κ2) is 4.12. The molecule has 1 aromatic rings. The van der Waals surface area contributed by atoms with Crippen molar-refractivity contribution in [3.8, 4) is 0 Å². The zero-order chi connectivity index (χ0) is 11.7. The van der Waals surface area contributed by atoms with Crippen LogP contribution < -0.4 is 5.32 Å². The van der Waals surface area contributed by atoms with E-state index in [-0.39, 0.29) is 5.91 Å². The van der Waals surface area contributed by atoms with Crippen LogP contribution in [0.3, 0.4) is 0 Å². The lowest BCUT2D eigenvalue weighted by Gasteiger charge is -1.97. The van der Waals surface area contributed by atoms with Gasteiger partial charge < -0.3 is 5.32 Å². The maximum absolute atomic E-state index is 11.5. The van der Waals surface area contributed by atoms with E-state index in [1.54, 1.807) is 6.08 Å². The van der Waals surface area contributed by atoms with Gasteiger partial charge in [0.1, 0.15) is 0 Å². The molecule has 0 bridgehead atoms. The molecule has 0 aromatic carbocycles. The minimum absolute atomic E-state index is 0.00912. The molecule has 1 N–H and O–H groups in total. The molecule has 0 atom stereocenters. The van der Waals surface area contributed by atoms with E-state index in [1.807, 2.05) is 31.7 Å². The number of aromatic nitrogens is 2. The SMILES string of the molecule is Cc1nn(C)c(C)c1C=CC(=O)NC1CC1. The third kappa shape index (κ3) is 2.32. The number of aryl methyl sites for hydroxylation is 2. The van der Waals surface area contributed by atoms with E-state index in [0.717, 1.165) is 29.8 Å². The molecular formula is C12H17N3O. The zero-order valence-corrected chi connectivity index (χ0v) is 9.95. The molecule has 16 heavy (non-hydrogen) atoms. The molecule has 1 heterocycles. The summed E-state index contributed by atoms with van der Waals surface area (Å²) in [5, 5.41) is 7.21.